The van der Waals surface area contributed by atoms with Gasteiger partial charge in [-0.15, -0.1) is 0 Å². The number of benzene rings is 1. The predicted octanol–water partition coefficient (Wildman–Crippen LogP) is 2.39. The second-order valence-corrected chi connectivity index (χ2v) is 7.92. The van der Waals surface area contributed by atoms with Crippen LogP contribution in [0.2, 0.25) is 0 Å². The van der Waals surface area contributed by atoms with Gasteiger partial charge < -0.3 is 5.32 Å². The van der Waals surface area contributed by atoms with Gasteiger partial charge in [0.05, 0.1) is 4.90 Å². The van der Waals surface area contributed by atoms with Gasteiger partial charge in [0.15, 0.2) is 9.84 Å². The van der Waals surface area contributed by atoms with Gasteiger partial charge in [0.1, 0.15) is 0 Å². The van der Waals surface area contributed by atoms with Gasteiger partial charge in [-0.3, -0.25) is 0 Å². The van der Waals surface area contributed by atoms with Gasteiger partial charge in [-0.1, -0.05) is 15.9 Å². The van der Waals surface area contributed by atoms with Gasteiger partial charge in [0, 0.05) is 10.7 Å². The van der Waals surface area contributed by atoms with E-state index < -0.39 is 9.84 Å². The van der Waals surface area contributed by atoms with Crippen LogP contribution in [-0.2, 0) is 16.3 Å². The van der Waals surface area contributed by atoms with Crippen LogP contribution in [0.1, 0.15) is 18.4 Å². The second-order valence-electron chi connectivity index (χ2n) is 4.98. The van der Waals surface area contributed by atoms with Crippen LogP contribution in [0.4, 0.5) is 0 Å². The van der Waals surface area contributed by atoms with Gasteiger partial charge in [-0.2, -0.15) is 0 Å². The number of piperidine rings is 1. The Balaban J connectivity index is 2.20. The highest BCUT2D eigenvalue weighted by Gasteiger charge is 2.15. The van der Waals surface area contributed by atoms with E-state index in [-0.39, 0.29) is 0 Å². The number of nitrogens with one attached hydrogen (secondary N) is 1. The minimum absolute atomic E-state index is 0.399. The van der Waals surface area contributed by atoms with Crippen molar-refractivity contribution in [3.05, 3.63) is 28.2 Å². The normalized spacial score (nSPS) is 20.9. The van der Waals surface area contributed by atoms with E-state index in [1.807, 2.05) is 6.07 Å². The molecule has 1 aromatic rings. The Morgan fingerprint density at radius 1 is 1.39 bits per heavy atom. The maximum absolute atomic E-state index is 11.6. The number of hydrogen-bond acceptors (Lipinski definition) is 3. The number of hydrogen-bond donors (Lipinski definition) is 1. The van der Waals surface area contributed by atoms with Crippen molar-refractivity contribution >= 4 is 25.8 Å². The predicted molar refractivity (Wildman–Crippen MR) is 76.5 cm³/mol. The van der Waals surface area contributed by atoms with E-state index in [1.165, 1.54) is 19.1 Å². The van der Waals surface area contributed by atoms with Gasteiger partial charge in [-0.05, 0) is 62.0 Å². The maximum Gasteiger partial charge on any atom is 0.175 e. The molecule has 0 radical (unpaired) electrons. The Bertz CT molecular complexity index is 522. The average Bonchev–Trinajstić information content (AvgIpc) is 2.28. The molecule has 5 heteroatoms. The molecule has 1 aliphatic heterocycles. The first-order chi connectivity index (χ1) is 8.45. The van der Waals surface area contributed by atoms with Crippen LogP contribution in [0.5, 0.6) is 0 Å². The molecule has 1 aromatic carbocycles. The van der Waals surface area contributed by atoms with E-state index in [0.29, 0.717) is 10.8 Å². The summed E-state index contributed by atoms with van der Waals surface area (Å²) >= 11 is 3.39. The largest absolute Gasteiger partial charge is 0.316 e. The van der Waals surface area contributed by atoms with Crippen LogP contribution in [-0.4, -0.2) is 27.8 Å². The molecule has 1 heterocycles. The van der Waals surface area contributed by atoms with Crippen LogP contribution in [0.25, 0.3) is 0 Å². The minimum Gasteiger partial charge on any atom is -0.316 e. The van der Waals surface area contributed by atoms with Gasteiger partial charge in [0.2, 0.25) is 0 Å². The summed E-state index contributed by atoms with van der Waals surface area (Å²) in [6.07, 6.45) is 4.61. The minimum atomic E-state index is -3.13. The molecule has 1 saturated heterocycles. The standard InChI is InChI=1S/C13H18BrNO2S/c1-18(16,17)13-7-11(6-12(14)8-13)5-10-3-2-4-15-9-10/h6-8,10,15H,2-5,9H2,1H3. The van der Waals surface area contributed by atoms with E-state index in [9.17, 15) is 8.42 Å². The molecular formula is C13H18BrNO2S. The van der Waals surface area contributed by atoms with E-state index in [0.717, 1.165) is 29.5 Å². The van der Waals surface area contributed by atoms with Crippen molar-refractivity contribution in [1.29, 1.82) is 0 Å². The Morgan fingerprint density at radius 2 is 2.17 bits per heavy atom. The van der Waals surface area contributed by atoms with E-state index >= 15 is 0 Å². The first-order valence-corrected chi connectivity index (χ1v) is 8.84. The van der Waals surface area contributed by atoms with Crippen molar-refractivity contribution in [3.8, 4) is 0 Å². The Kier molecular flexibility index (Phi) is 4.45. The smallest absolute Gasteiger partial charge is 0.175 e. The van der Waals surface area contributed by atoms with Gasteiger partial charge in [-0.25, -0.2) is 8.42 Å². The van der Waals surface area contributed by atoms with Crippen molar-refractivity contribution < 1.29 is 8.42 Å². The number of sulfone groups is 1. The highest BCUT2D eigenvalue weighted by molar-refractivity contribution is 9.10. The van der Waals surface area contributed by atoms with Crippen molar-refractivity contribution in [2.45, 2.75) is 24.2 Å². The molecule has 18 heavy (non-hydrogen) atoms. The lowest BCUT2D eigenvalue weighted by Gasteiger charge is -2.23. The molecule has 1 unspecified atom stereocenters. The van der Waals surface area contributed by atoms with Crippen LogP contribution in [0, 0.1) is 5.92 Å². The van der Waals surface area contributed by atoms with Crippen LogP contribution in [0.15, 0.2) is 27.6 Å². The van der Waals surface area contributed by atoms with E-state index in [2.05, 4.69) is 21.2 Å². The summed E-state index contributed by atoms with van der Waals surface area (Å²) in [7, 11) is -3.13. The summed E-state index contributed by atoms with van der Waals surface area (Å²) in [5.41, 5.74) is 1.10. The second kappa shape index (κ2) is 5.72. The van der Waals surface area contributed by atoms with E-state index in [1.54, 1.807) is 12.1 Å². The SMILES string of the molecule is CS(=O)(=O)c1cc(Br)cc(CC2CCCNC2)c1. The highest BCUT2D eigenvalue weighted by Crippen LogP contribution is 2.23. The molecule has 0 amide bonds. The van der Waals surface area contributed by atoms with Crippen LogP contribution < -0.4 is 5.32 Å². The van der Waals surface area contributed by atoms with Gasteiger partial charge in [0.25, 0.3) is 0 Å². The zero-order chi connectivity index (χ0) is 13.2. The lowest BCUT2D eigenvalue weighted by atomic mass is 9.92. The van der Waals surface area contributed by atoms with Crippen molar-refractivity contribution in [3.63, 3.8) is 0 Å². The molecule has 0 aliphatic carbocycles. The fourth-order valence-electron chi connectivity index (χ4n) is 2.38. The van der Waals surface area contributed by atoms with Crippen molar-refractivity contribution in [2.24, 2.45) is 5.92 Å². The molecule has 0 aromatic heterocycles. The monoisotopic (exact) mass is 331 g/mol. The van der Waals surface area contributed by atoms with Gasteiger partial charge >= 0.3 is 0 Å². The molecule has 1 atom stereocenters. The molecule has 1 N–H and O–H groups in total. The molecule has 3 nitrogen and oxygen atoms in total. The zero-order valence-corrected chi connectivity index (χ0v) is 12.9. The lowest BCUT2D eigenvalue weighted by molar-refractivity contribution is 0.376. The molecular weight excluding hydrogens is 314 g/mol. The summed E-state index contributed by atoms with van der Waals surface area (Å²) in [6.45, 7) is 2.13. The zero-order valence-electron chi connectivity index (χ0n) is 10.4. The van der Waals surface area contributed by atoms with Crippen LogP contribution in [0.3, 0.4) is 0 Å². The first-order valence-electron chi connectivity index (χ1n) is 6.15. The summed E-state index contributed by atoms with van der Waals surface area (Å²) in [6, 6.07) is 5.48. The number of halogens is 1. The van der Waals surface area contributed by atoms with E-state index in [4.69, 9.17) is 0 Å². The average molecular weight is 332 g/mol. The molecule has 2 rings (SSSR count). The Labute approximate surface area is 117 Å². The third-order valence-electron chi connectivity index (χ3n) is 3.28. The number of rotatable bonds is 3. The molecule has 0 bridgehead atoms. The molecule has 1 fully saturated rings. The first kappa shape index (κ1) is 14.0. The fraction of sp³-hybridized carbons (Fsp3) is 0.538. The van der Waals surface area contributed by atoms with Crippen molar-refractivity contribution in [1.82, 2.24) is 5.32 Å². The maximum atomic E-state index is 11.6. The molecule has 0 saturated carbocycles. The highest BCUT2D eigenvalue weighted by atomic mass is 79.9. The third kappa shape index (κ3) is 3.80. The third-order valence-corrected chi connectivity index (χ3v) is 4.83. The topological polar surface area (TPSA) is 46.2 Å². The van der Waals surface area contributed by atoms with Crippen LogP contribution >= 0.6 is 15.9 Å². The molecule has 1 aliphatic rings. The summed E-state index contributed by atoms with van der Waals surface area (Å²) in [4.78, 5) is 0.399. The summed E-state index contributed by atoms with van der Waals surface area (Å²) in [5, 5.41) is 3.38. The quantitative estimate of drug-likeness (QED) is 0.925. The Morgan fingerprint density at radius 3 is 2.78 bits per heavy atom. The molecule has 100 valence electrons. The summed E-state index contributed by atoms with van der Waals surface area (Å²) in [5.74, 6) is 0.612. The van der Waals surface area contributed by atoms with Crippen molar-refractivity contribution in [2.75, 3.05) is 19.3 Å². The summed E-state index contributed by atoms with van der Waals surface area (Å²) < 4.78 is 24.0. The Hall–Kier alpha value is -0.390. The fourth-order valence-corrected chi connectivity index (χ4v) is 3.78. The lowest BCUT2D eigenvalue weighted by Crippen LogP contribution is -2.30. The molecule has 0 spiro atoms.